The molecule has 3 aromatic rings. The molecule has 9 heteroatoms. The number of benzene rings is 2. The third kappa shape index (κ3) is 4.65. The summed E-state index contributed by atoms with van der Waals surface area (Å²) in [5.41, 5.74) is 3.10. The highest BCUT2D eigenvalue weighted by atomic mass is 32.2. The van der Waals surface area contributed by atoms with Gasteiger partial charge in [-0.25, -0.2) is 8.42 Å². The maximum Gasteiger partial charge on any atom is 0.243 e. The summed E-state index contributed by atoms with van der Waals surface area (Å²) in [6, 6.07) is 14.8. The van der Waals surface area contributed by atoms with Gasteiger partial charge in [0.1, 0.15) is 0 Å². The van der Waals surface area contributed by atoms with Crippen molar-refractivity contribution in [2.24, 2.45) is 0 Å². The Balaban J connectivity index is 1.30. The number of aromatic amines is 1. The minimum absolute atomic E-state index is 0.271. The van der Waals surface area contributed by atoms with Crippen LogP contribution in [0.1, 0.15) is 5.56 Å². The number of aromatic nitrogens is 1. The van der Waals surface area contributed by atoms with Gasteiger partial charge in [0, 0.05) is 42.4 Å². The first kappa shape index (κ1) is 20.8. The van der Waals surface area contributed by atoms with Gasteiger partial charge < -0.3 is 20.4 Å². The quantitative estimate of drug-likeness (QED) is 0.507. The van der Waals surface area contributed by atoms with Crippen LogP contribution in [0.4, 0.5) is 5.69 Å². The van der Waals surface area contributed by atoms with E-state index in [0.29, 0.717) is 38.0 Å². The Labute approximate surface area is 181 Å². The number of H-pyrrole nitrogens is 1. The number of thiocarbonyl (C=S) groups is 1. The molecule has 3 N–H and O–H groups in total. The van der Waals surface area contributed by atoms with Crippen molar-refractivity contribution in [2.75, 3.05) is 38.2 Å². The standard InChI is InChI=1S/C21H24N4O3S2/c26-30(27,25-11-13-28-14-12-25)18-7-5-17(6-8-18)24-21(29)22-10-9-16-15-23-20-4-2-1-3-19(16)20/h1-8,15,23H,9-14H2,(H2,22,24,29). The molecule has 1 aliphatic heterocycles. The summed E-state index contributed by atoms with van der Waals surface area (Å²) in [7, 11) is -3.49. The molecule has 0 radical (unpaired) electrons. The molecule has 158 valence electrons. The van der Waals surface area contributed by atoms with Crippen LogP contribution in [-0.4, -0.2) is 55.7 Å². The lowest BCUT2D eigenvalue weighted by Crippen LogP contribution is -2.40. The topological polar surface area (TPSA) is 86.5 Å². The van der Waals surface area contributed by atoms with Crippen LogP contribution in [-0.2, 0) is 21.2 Å². The van der Waals surface area contributed by atoms with E-state index in [1.807, 2.05) is 18.3 Å². The zero-order chi connectivity index (χ0) is 21.0. The summed E-state index contributed by atoms with van der Waals surface area (Å²) in [6.07, 6.45) is 2.86. The fraction of sp³-hybridized carbons (Fsp3) is 0.286. The van der Waals surface area contributed by atoms with E-state index >= 15 is 0 Å². The Morgan fingerprint density at radius 2 is 1.83 bits per heavy atom. The molecule has 0 spiro atoms. The van der Waals surface area contributed by atoms with Crippen molar-refractivity contribution in [3.63, 3.8) is 0 Å². The van der Waals surface area contributed by atoms with Crippen molar-refractivity contribution in [1.29, 1.82) is 0 Å². The zero-order valence-electron chi connectivity index (χ0n) is 16.4. The molecular formula is C21H24N4O3S2. The van der Waals surface area contributed by atoms with Gasteiger partial charge in [0.05, 0.1) is 18.1 Å². The highest BCUT2D eigenvalue weighted by Gasteiger charge is 2.26. The van der Waals surface area contributed by atoms with Gasteiger partial charge in [-0.1, -0.05) is 18.2 Å². The number of para-hydroxylation sites is 1. The minimum Gasteiger partial charge on any atom is -0.379 e. The second-order valence-electron chi connectivity index (χ2n) is 7.03. The van der Waals surface area contributed by atoms with Gasteiger partial charge in [-0.15, -0.1) is 0 Å². The highest BCUT2D eigenvalue weighted by Crippen LogP contribution is 2.20. The van der Waals surface area contributed by atoms with Crippen LogP contribution in [0.3, 0.4) is 0 Å². The van der Waals surface area contributed by atoms with Gasteiger partial charge in [0.15, 0.2) is 5.11 Å². The lowest BCUT2D eigenvalue weighted by atomic mass is 10.1. The summed E-state index contributed by atoms with van der Waals surface area (Å²) in [6.45, 7) is 2.31. The number of fused-ring (bicyclic) bond motifs is 1. The van der Waals surface area contributed by atoms with Gasteiger partial charge in [-0.3, -0.25) is 0 Å². The highest BCUT2D eigenvalue weighted by molar-refractivity contribution is 7.89. The van der Waals surface area contributed by atoms with Gasteiger partial charge in [-0.05, 0) is 54.5 Å². The van der Waals surface area contributed by atoms with Crippen molar-refractivity contribution in [3.8, 4) is 0 Å². The molecule has 30 heavy (non-hydrogen) atoms. The normalized spacial score (nSPS) is 15.2. The van der Waals surface area contributed by atoms with Gasteiger partial charge >= 0.3 is 0 Å². The number of ether oxygens (including phenoxy) is 1. The first-order valence-electron chi connectivity index (χ1n) is 9.82. The molecule has 2 aromatic carbocycles. The molecule has 0 bridgehead atoms. The number of hydrogen-bond donors (Lipinski definition) is 3. The zero-order valence-corrected chi connectivity index (χ0v) is 18.1. The van der Waals surface area contributed by atoms with Crippen molar-refractivity contribution in [2.45, 2.75) is 11.3 Å². The van der Waals surface area contributed by atoms with Gasteiger partial charge in [0.2, 0.25) is 10.0 Å². The summed E-state index contributed by atoms with van der Waals surface area (Å²) < 4.78 is 32.0. The SMILES string of the molecule is O=S(=O)(c1ccc(NC(=S)NCCc2c[nH]c3ccccc23)cc1)N1CCOCC1. The lowest BCUT2D eigenvalue weighted by Gasteiger charge is -2.26. The van der Waals surface area contributed by atoms with Gasteiger partial charge in [-0.2, -0.15) is 4.31 Å². The van der Waals surface area contributed by atoms with E-state index < -0.39 is 10.0 Å². The molecule has 1 aromatic heterocycles. The third-order valence-corrected chi connectivity index (χ3v) is 7.23. The number of anilines is 1. The molecule has 1 fully saturated rings. The number of sulfonamides is 1. The molecule has 0 aliphatic carbocycles. The maximum absolute atomic E-state index is 12.7. The van der Waals surface area contributed by atoms with Crippen LogP contribution >= 0.6 is 12.2 Å². The molecule has 7 nitrogen and oxygen atoms in total. The summed E-state index contributed by atoms with van der Waals surface area (Å²) in [4.78, 5) is 3.54. The molecule has 0 amide bonds. The molecule has 4 rings (SSSR count). The first-order valence-corrected chi connectivity index (χ1v) is 11.7. The van der Waals surface area contributed by atoms with Crippen LogP contribution in [0.5, 0.6) is 0 Å². The molecule has 1 saturated heterocycles. The van der Waals surface area contributed by atoms with Gasteiger partial charge in [0.25, 0.3) is 0 Å². The monoisotopic (exact) mass is 444 g/mol. The number of nitrogens with zero attached hydrogens (tertiary/aromatic N) is 1. The fourth-order valence-corrected chi connectivity index (χ4v) is 5.10. The Kier molecular flexibility index (Phi) is 6.33. The van der Waals surface area contributed by atoms with Crippen molar-refractivity contribution in [3.05, 3.63) is 60.3 Å². The van der Waals surface area contributed by atoms with Crippen molar-refractivity contribution >= 4 is 43.9 Å². The Bertz CT molecular complexity index is 1120. The second-order valence-corrected chi connectivity index (χ2v) is 9.38. The third-order valence-electron chi connectivity index (χ3n) is 5.07. The average molecular weight is 445 g/mol. The number of rotatable bonds is 6. The minimum atomic E-state index is -3.49. The van der Waals surface area contributed by atoms with E-state index in [-0.39, 0.29) is 4.90 Å². The van der Waals surface area contributed by atoms with E-state index in [4.69, 9.17) is 17.0 Å². The number of morpholine rings is 1. The summed E-state index contributed by atoms with van der Waals surface area (Å²) in [5, 5.41) is 8.01. The molecule has 0 atom stereocenters. The van der Waals surface area contributed by atoms with Crippen LogP contribution in [0.15, 0.2) is 59.6 Å². The lowest BCUT2D eigenvalue weighted by molar-refractivity contribution is 0.0730. The molecule has 0 unspecified atom stereocenters. The molecular weight excluding hydrogens is 420 g/mol. The van der Waals surface area contributed by atoms with Crippen LogP contribution in [0.25, 0.3) is 10.9 Å². The Morgan fingerprint density at radius 1 is 1.10 bits per heavy atom. The molecule has 0 saturated carbocycles. The van der Waals surface area contributed by atoms with E-state index in [2.05, 4.69) is 27.8 Å². The summed E-state index contributed by atoms with van der Waals surface area (Å²) in [5.74, 6) is 0. The van der Waals surface area contributed by atoms with Crippen LogP contribution in [0.2, 0.25) is 0 Å². The van der Waals surface area contributed by atoms with Crippen LogP contribution in [0, 0.1) is 0 Å². The van der Waals surface area contributed by atoms with E-state index in [9.17, 15) is 8.42 Å². The van der Waals surface area contributed by atoms with E-state index in [1.54, 1.807) is 24.3 Å². The average Bonchev–Trinajstić information content (AvgIpc) is 3.18. The molecule has 1 aliphatic rings. The van der Waals surface area contributed by atoms with Crippen molar-refractivity contribution < 1.29 is 13.2 Å². The predicted octanol–water partition coefficient (Wildman–Crippen LogP) is 2.72. The number of hydrogen-bond acceptors (Lipinski definition) is 4. The fourth-order valence-electron chi connectivity index (χ4n) is 3.47. The smallest absolute Gasteiger partial charge is 0.243 e. The largest absolute Gasteiger partial charge is 0.379 e. The van der Waals surface area contributed by atoms with E-state index in [0.717, 1.165) is 17.6 Å². The van der Waals surface area contributed by atoms with Crippen molar-refractivity contribution in [1.82, 2.24) is 14.6 Å². The second kappa shape index (κ2) is 9.13. The Hall–Kier alpha value is -2.46. The van der Waals surface area contributed by atoms with Crippen LogP contribution < -0.4 is 10.6 Å². The Morgan fingerprint density at radius 3 is 2.60 bits per heavy atom. The summed E-state index contributed by atoms with van der Waals surface area (Å²) >= 11 is 5.37. The number of nitrogens with one attached hydrogen (secondary N) is 3. The maximum atomic E-state index is 12.7. The van der Waals surface area contributed by atoms with E-state index in [1.165, 1.54) is 15.3 Å². The molecule has 2 heterocycles. The first-order chi connectivity index (χ1) is 14.5. The predicted molar refractivity (Wildman–Crippen MR) is 122 cm³/mol.